The lowest BCUT2D eigenvalue weighted by atomic mass is 10.3. The molecule has 1 unspecified atom stereocenters. The first-order chi connectivity index (χ1) is 7.04. The van der Waals surface area contributed by atoms with Crippen LogP contribution in [-0.2, 0) is 0 Å². The Hall–Kier alpha value is 0.240. The molecule has 1 rings (SSSR count). The van der Waals surface area contributed by atoms with Gasteiger partial charge in [0.25, 0.3) is 0 Å². The Labute approximate surface area is 118 Å². The zero-order valence-corrected chi connectivity index (χ0v) is 12.8. The van der Waals surface area contributed by atoms with Gasteiger partial charge in [-0.1, -0.05) is 15.9 Å². The van der Waals surface area contributed by atoms with E-state index in [9.17, 15) is 0 Å². The fourth-order valence-corrected chi connectivity index (χ4v) is 3.41. The van der Waals surface area contributed by atoms with Crippen LogP contribution in [0.4, 0.5) is 0 Å². The van der Waals surface area contributed by atoms with Gasteiger partial charge in [-0.15, -0.1) is 11.6 Å². The maximum absolute atomic E-state index is 8.50. The molecule has 0 saturated heterocycles. The lowest BCUT2D eigenvalue weighted by molar-refractivity contribution is 0.325. The standard InChI is InChI=1S/C9H5Br3ClNO/c10-5-1-7(11)9(8(12)2-5)15-4-6(13)3-14/h1-2,6H,4H2. The van der Waals surface area contributed by atoms with Crippen LogP contribution in [0.3, 0.4) is 0 Å². The van der Waals surface area contributed by atoms with Crippen LogP contribution in [0.25, 0.3) is 0 Å². The summed E-state index contributed by atoms with van der Waals surface area (Å²) in [5.74, 6) is 0.638. The number of alkyl halides is 1. The van der Waals surface area contributed by atoms with E-state index in [1.807, 2.05) is 18.2 Å². The van der Waals surface area contributed by atoms with Gasteiger partial charge in [-0.2, -0.15) is 5.26 Å². The second-order valence-corrected chi connectivity index (χ2v) is 5.76. The van der Waals surface area contributed by atoms with Gasteiger partial charge in [0.1, 0.15) is 12.4 Å². The zero-order chi connectivity index (χ0) is 11.4. The second-order valence-electron chi connectivity index (χ2n) is 2.61. The van der Waals surface area contributed by atoms with Crippen LogP contribution in [0.2, 0.25) is 0 Å². The maximum Gasteiger partial charge on any atom is 0.154 e. The lowest BCUT2D eigenvalue weighted by Gasteiger charge is -2.10. The Kier molecular flexibility index (Phi) is 5.41. The molecule has 15 heavy (non-hydrogen) atoms. The fourth-order valence-electron chi connectivity index (χ4n) is 0.861. The number of benzene rings is 1. The van der Waals surface area contributed by atoms with Gasteiger partial charge in [0.2, 0.25) is 0 Å². The molecule has 0 heterocycles. The van der Waals surface area contributed by atoms with Crippen molar-refractivity contribution in [2.75, 3.05) is 6.61 Å². The first kappa shape index (κ1) is 13.3. The van der Waals surface area contributed by atoms with Gasteiger partial charge in [-0.3, -0.25) is 0 Å². The number of ether oxygens (including phenoxy) is 1. The minimum Gasteiger partial charge on any atom is -0.489 e. The monoisotopic (exact) mass is 415 g/mol. The van der Waals surface area contributed by atoms with Gasteiger partial charge in [-0.25, -0.2) is 0 Å². The molecule has 1 aromatic rings. The quantitative estimate of drug-likeness (QED) is 0.678. The zero-order valence-electron chi connectivity index (χ0n) is 7.31. The predicted molar refractivity (Wildman–Crippen MR) is 70.3 cm³/mol. The summed E-state index contributed by atoms with van der Waals surface area (Å²) in [6, 6.07) is 5.60. The summed E-state index contributed by atoms with van der Waals surface area (Å²) in [5.41, 5.74) is 0. The average molecular weight is 418 g/mol. The van der Waals surface area contributed by atoms with Crippen LogP contribution < -0.4 is 4.74 Å². The van der Waals surface area contributed by atoms with E-state index in [0.29, 0.717) is 5.75 Å². The smallest absolute Gasteiger partial charge is 0.154 e. The molecular weight excluding hydrogens is 413 g/mol. The molecule has 1 aromatic carbocycles. The predicted octanol–water partition coefficient (Wildman–Crippen LogP) is 4.48. The van der Waals surface area contributed by atoms with E-state index in [0.717, 1.165) is 13.4 Å². The molecule has 1 atom stereocenters. The van der Waals surface area contributed by atoms with Crippen molar-refractivity contribution < 1.29 is 4.74 Å². The minimum absolute atomic E-state index is 0.150. The Morgan fingerprint density at radius 3 is 2.33 bits per heavy atom. The SMILES string of the molecule is N#CC(Cl)COc1c(Br)cc(Br)cc1Br. The summed E-state index contributed by atoms with van der Waals surface area (Å²) in [4.78, 5) is 0. The summed E-state index contributed by atoms with van der Waals surface area (Å²) < 4.78 is 7.93. The molecule has 0 radical (unpaired) electrons. The molecule has 0 saturated carbocycles. The van der Waals surface area contributed by atoms with E-state index in [2.05, 4.69) is 47.8 Å². The van der Waals surface area contributed by atoms with E-state index in [-0.39, 0.29) is 6.61 Å². The van der Waals surface area contributed by atoms with Crippen molar-refractivity contribution in [3.05, 3.63) is 25.6 Å². The van der Waals surface area contributed by atoms with Gasteiger partial charge in [0, 0.05) is 4.47 Å². The molecule has 0 fully saturated rings. The number of nitriles is 1. The van der Waals surface area contributed by atoms with Gasteiger partial charge < -0.3 is 4.74 Å². The van der Waals surface area contributed by atoms with E-state index >= 15 is 0 Å². The van der Waals surface area contributed by atoms with Crippen molar-refractivity contribution in [3.63, 3.8) is 0 Å². The Balaban J connectivity index is 2.82. The highest BCUT2D eigenvalue weighted by Crippen LogP contribution is 2.36. The maximum atomic E-state index is 8.50. The fraction of sp³-hybridized carbons (Fsp3) is 0.222. The number of halogens is 4. The second kappa shape index (κ2) is 6.09. The summed E-state index contributed by atoms with van der Waals surface area (Å²) in [5, 5.41) is 7.86. The third-order valence-corrected chi connectivity index (χ3v) is 3.34. The molecule has 0 aliphatic heterocycles. The molecule has 0 aliphatic carbocycles. The van der Waals surface area contributed by atoms with Crippen LogP contribution in [0.15, 0.2) is 25.6 Å². The van der Waals surface area contributed by atoms with E-state index in [4.69, 9.17) is 21.6 Å². The highest BCUT2D eigenvalue weighted by Gasteiger charge is 2.10. The highest BCUT2D eigenvalue weighted by molar-refractivity contribution is 9.11. The molecule has 0 N–H and O–H groups in total. The molecule has 2 nitrogen and oxygen atoms in total. The van der Waals surface area contributed by atoms with E-state index < -0.39 is 5.38 Å². The Morgan fingerprint density at radius 1 is 1.33 bits per heavy atom. The molecule has 0 aromatic heterocycles. The van der Waals surface area contributed by atoms with Crippen LogP contribution in [0, 0.1) is 11.3 Å². The number of nitrogens with zero attached hydrogens (tertiary/aromatic N) is 1. The Morgan fingerprint density at radius 2 is 1.87 bits per heavy atom. The Bertz CT molecular complexity index is 382. The normalized spacial score (nSPS) is 11.9. The first-order valence-electron chi connectivity index (χ1n) is 3.85. The molecule has 6 heteroatoms. The van der Waals surface area contributed by atoms with Crippen molar-refractivity contribution in [2.45, 2.75) is 5.38 Å². The van der Waals surface area contributed by atoms with E-state index in [1.165, 1.54) is 0 Å². The van der Waals surface area contributed by atoms with E-state index in [1.54, 1.807) is 0 Å². The number of hydrogen-bond donors (Lipinski definition) is 0. The molecule has 0 bridgehead atoms. The van der Waals surface area contributed by atoms with Crippen LogP contribution >= 0.6 is 59.4 Å². The molecule has 0 spiro atoms. The molecule has 80 valence electrons. The molecule has 0 amide bonds. The third kappa shape index (κ3) is 3.95. The molecular formula is C9H5Br3ClNO. The summed E-state index contributed by atoms with van der Waals surface area (Å²) >= 11 is 15.7. The van der Waals surface area contributed by atoms with Crippen LogP contribution in [0.1, 0.15) is 0 Å². The van der Waals surface area contributed by atoms with Crippen molar-refractivity contribution in [1.82, 2.24) is 0 Å². The summed E-state index contributed by atoms with van der Waals surface area (Å²) in [6.45, 7) is 0.150. The van der Waals surface area contributed by atoms with Crippen molar-refractivity contribution in [3.8, 4) is 11.8 Å². The third-order valence-electron chi connectivity index (χ3n) is 1.48. The number of rotatable bonds is 3. The van der Waals surface area contributed by atoms with Gasteiger partial charge in [-0.05, 0) is 44.0 Å². The summed E-state index contributed by atoms with van der Waals surface area (Å²) in [7, 11) is 0. The average Bonchev–Trinajstić information content (AvgIpc) is 2.15. The lowest BCUT2D eigenvalue weighted by Crippen LogP contribution is -2.09. The topological polar surface area (TPSA) is 33.0 Å². The minimum atomic E-state index is -0.646. The van der Waals surface area contributed by atoms with Crippen molar-refractivity contribution >= 4 is 59.4 Å². The number of hydrogen-bond acceptors (Lipinski definition) is 2. The molecule has 0 aliphatic rings. The van der Waals surface area contributed by atoms with Crippen LogP contribution in [-0.4, -0.2) is 12.0 Å². The van der Waals surface area contributed by atoms with Crippen LogP contribution in [0.5, 0.6) is 5.75 Å². The largest absolute Gasteiger partial charge is 0.489 e. The van der Waals surface area contributed by atoms with Crippen molar-refractivity contribution in [2.24, 2.45) is 0 Å². The van der Waals surface area contributed by atoms with Gasteiger partial charge >= 0.3 is 0 Å². The van der Waals surface area contributed by atoms with Gasteiger partial charge in [0.15, 0.2) is 5.38 Å². The van der Waals surface area contributed by atoms with Gasteiger partial charge in [0.05, 0.1) is 15.0 Å². The first-order valence-corrected chi connectivity index (χ1v) is 6.67. The van der Waals surface area contributed by atoms with Crippen molar-refractivity contribution in [1.29, 1.82) is 5.26 Å². The summed E-state index contributed by atoms with van der Waals surface area (Å²) in [6.07, 6.45) is 0. The highest BCUT2D eigenvalue weighted by atomic mass is 79.9.